The molecule has 0 aliphatic carbocycles. The summed E-state index contributed by atoms with van der Waals surface area (Å²) in [6.45, 7) is 3.55. The summed E-state index contributed by atoms with van der Waals surface area (Å²) in [7, 11) is 1.50. The number of carboxylic acids is 1. The monoisotopic (exact) mass is 474 g/mol. The van der Waals surface area contributed by atoms with E-state index in [0.717, 1.165) is 5.56 Å². The Balaban J connectivity index is 2.12. The fraction of sp³-hybridized carbons (Fsp3) is 0.241. The minimum atomic E-state index is -1.09. The van der Waals surface area contributed by atoms with E-state index in [9.17, 15) is 19.8 Å². The molecular weight excluding hydrogens is 444 g/mol. The van der Waals surface area contributed by atoms with Gasteiger partial charge in [-0.3, -0.25) is 0 Å². The molecule has 0 spiro atoms. The van der Waals surface area contributed by atoms with Gasteiger partial charge in [0.1, 0.15) is 11.5 Å². The first-order chi connectivity index (χ1) is 16.7. The molecule has 0 aliphatic rings. The molecule has 1 atom stereocenters. The average molecular weight is 475 g/mol. The number of aliphatic hydroxyl groups is 1. The Morgan fingerprint density at radius 3 is 2.17 bits per heavy atom. The molecule has 6 heteroatoms. The van der Waals surface area contributed by atoms with Gasteiger partial charge in [-0.15, -0.1) is 0 Å². The van der Waals surface area contributed by atoms with Crippen molar-refractivity contribution in [2.45, 2.75) is 38.7 Å². The second-order valence-corrected chi connectivity index (χ2v) is 8.58. The van der Waals surface area contributed by atoms with Gasteiger partial charge in [-0.2, -0.15) is 0 Å². The van der Waals surface area contributed by atoms with Crippen molar-refractivity contribution in [2.24, 2.45) is 0 Å². The topological polar surface area (TPSA) is 93.1 Å². The van der Waals surface area contributed by atoms with Crippen molar-refractivity contribution >= 4 is 18.0 Å². The number of carbonyl (C=O) groups is 2. The highest BCUT2D eigenvalue weighted by molar-refractivity contribution is 5.93. The summed E-state index contributed by atoms with van der Waals surface area (Å²) in [6.07, 6.45) is 2.22. The summed E-state index contributed by atoms with van der Waals surface area (Å²) in [5, 5.41) is 20.7. The largest absolute Gasteiger partial charge is 0.496 e. The predicted octanol–water partition coefficient (Wildman–Crippen LogP) is 5.33. The molecule has 3 aromatic carbocycles. The highest BCUT2D eigenvalue weighted by Crippen LogP contribution is 2.37. The van der Waals surface area contributed by atoms with E-state index in [1.165, 1.54) is 7.11 Å². The van der Waals surface area contributed by atoms with E-state index in [4.69, 9.17) is 9.47 Å². The molecule has 2 N–H and O–H groups in total. The van der Waals surface area contributed by atoms with Crippen LogP contribution < -0.4 is 9.47 Å². The van der Waals surface area contributed by atoms with Crippen molar-refractivity contribution < 1.29 is 29.3 Å². The standard InChI is InChI=1S/C29H30O6/c1-4-29(2,33)19-24-25(34-3)16-15-22(26(24)35-28(32)21-13-9-6-10-14-21)18-23(27(30)31)17-20-11-7-5-8-12-20/h5-17,33H,4,18-19H2,1-3H3,(H,30,31). The van der Waals surface area contributed by atoms with Crippen molar-refractivity contribution in [3.8, 4) is 11.5 Å². The SMILES string of the molecule is CCC(C)(O)Cc1c(OC)ccc(CC(=Cc2ccccc2)C(=O)O)c1OC(=O)c1ccccc1. The molecule has 35 heavy (non-hydrogen) atoms. The summed E-state index contributed by atoms with van der Waals surface area (Å²) in [5.74, 6) is -1.01. The number of ether oxygens (including phenoxy) is 2. The second-order valence-electron chi connectivity index (χ2n) is 8.58. The van der Waals surface area contributed by atoms with Crippen LogP contribution in [-0.2, 0) is 17.6 Å². The number of esters is 1. The second kappa shape index (κ2) is 11.5. The minimum absolute atomic E-state index is 0.00684. The zero-order valence-corrected chi connectivity index (χ0v) is 20.2. The van der Waals surface area contributed by atoms with Crippen molar-refractivity contribution in [3.05, 3.63) is 101 Å². The Morgan fingerprint density at radius 1 is 0.971 bits per heavy atom. The Bertz CT molecular complexity index is 1200. The van der Waals surface area contributed by atoms with E-state index in [0.29, 0.717) is 28.9 Å². The number of aliphatic carboxylic acids is 1. The van der Waals surface area contributed by atoms with Crippen molar-refractivity contribution in [2.75, 3.05) is 7.11 Å². The maximum Gasteiger partial charge on any atom is 0.343 e. The first-order valence-corrected chi connectivity index (χ1v) is 11.4. The van der Waals surface area contributed by atoms with Gasteiger partial charge in [-0.05, 0) is 43.2 Å². The normalized spacial score (nSPS) is 13.1. The molecule has 0 aromatic heterocycles. The van der Waals surface area contributed by atoms with Crippen molar-refractivity contribution in [3.63, 3.8) is 0 Å². The van der Waals surface area contributed by atoms with Gasteiger partial charge < -0.3 is 19.7 Å². The molecular formula is C29H30O6. The van der Waals surface area contributed by atoms with Gasteiger partial charge in [0.25, 0.3) is 0 Å². The molecule has 6 nitrogen and oxygen atoms in total. The number of rotatable bonds is 10. The highest BCUT2D eigenvalue weighted by Gasteiger charge is 2.27. The molecule has 0 aliphatic heterocycles. The van der Waals surface area contributed by atoms with Crippen molar-refractivity contribution in [1.29, 1.82) is 0 Å². The van der Waals surface area contributed by atoms with Gasteiger partial charge in [-0.1, -0.05) is 61.5 Å². The molecule has 0 heterocycles. The first-order valence-electron chi connectivity index (χ1n) is 11.4. The third-order valence-electron chi connectivity index (χ3n) is 5.84. The fourth-order valence-electron chi connectivity index (χ4n) is 3.66. The minimum Gasteiger partial charge on any atom is -0.496 e. The number of hydrogen-bond donors (Lipinski definition) is 2. The molecule has 0 fully saturated rings. The van der Waals surface area contributed by atoms with Crippen LogP contribution in [0.15, 0.2) is 78.4 Å². The van der Waals surface area contributed by atoms with Crippen LogP contribution in [0.3, 0.4) is 0 Å². The summed E-state index contributed by atoms with van der Waals surface area (Å²) in [5.41, 5.74) is 1.15. The van der Waals surface area contributed by atoms with E-state index < -0.39 is 17.5 Å². The number of benzene rings is 3. The lowest BCUT2D eigenvalue weighted by Gasteiger charge is -2.25. The molecule has 0 saturated carbocycles. The maximum atomic E-state index is 13.0. The van der Waals surface area contributed by atoms with Crippen LogP contribution >= 0.6 is 0 Å². The predicted molar refractivity (Wildman–Crippen MR) is 135 cm³/mol. The van der Waals surface area contributed by atoms with Crippen LogP contribution in [0.25, 0.3) is 6.08 Å². The van der Waals surface area contributed by atoms with Crippen LogP contribution in [-0.4, -0.2) is 34.9 Å². The number of methoxy groups -OCH3 is 1. The molecule has 3 rings (SSSR count). The lowest BCUT2D eigenvalue weighted by Crippen LogP contribution is -2.27. The average Bonchev–Trinajstić information content (AvgIpc) is 2.86. The van der Waals surface area contributed by atoms with Gasteiger partial charge in [0, 0.05) is 29.5 Å². The third-order valence-corrected chi connectivity index (χ3v) is 5.84. The summed E-state index contributed by atoms with van der Waals surface area (Å²) >= 11 is 0. The van der Waals surface area contributed by atoms with E-state index in [2.05, 4.69) is 0 Å². The van der Waals surface area contributed by atoms with Gasteiger partial charge >= 0.3 is 11.9 Å². The van der Waals surface area contributed by atoms with Gasteiger partial charge in [0.2, 0.25) is 0 Å². The lowest BCUT2D eigenvalue weighted by atomic mass is 9.90. The van der Waals surface area contributed by atoms with Crippen LogP contribution in [0.2, 0.25) is 0 Å². The van der Waals surface area contributed by atoms with Crippen LogP contribution in [0.1, 0.15) is 47.3 Å². The van der Waals surface area contributed by atoms with E-state index in [-0.39, 0.29) is 24.2 Å². The smallest absolute Gasteiger partial charge is 0.343 e. The molecule has 0 radical (unpaired) electrons. The van der Waals surface area contributed by atoms with E-state index in [1.54, 1.807) is 55.5 Å². The Kier molecular flexibility index (Phi) is 8.44. The zero-order valence-electron chi connectivity index (χ0n) is 20.2. The van der Waals surface area contributed by atoms with Gasteiger partial charge in [0.05, 0.1) is 18.3 Å². The molecule has 3 aromatic rings. The van der Waals surface area contributed by atoms with E-state index in [1.807, 2.05) is 37.3 Å². The quantitative estimate of drug-likeness (QED) is 0.234. The molecule has 1 unspecified atom stereocenters. The Hall–Kier alpha value is -3.90. The first kappa shape index (κ1) is 25.7. The van der Waals surface area contributed by atoms with Gasteiger partial charge in [-0.25, -0.2) is 9.59 Å². The molecule has 0 bridgehead atoms. The number of carboxylic acid groups (broad SMARTS) is 1. The highest BCUT2D eigenvalue weighted by atomic mass is 16.5. The third kappa shape index (κ3) is 6.80. The molecule has 182 valence electrons. The van der Waals surface area contributed by atoms with E-state index >= 15 is 0 Å². The lowest BCUT2D eigenvalue weighted by molar-refractivity contribution is -0.132. The number of carbonyl (C=O) groups excluding carboxylic acids is 1. The maximum absolute atomic E-state index is 13.0. The Morgan fingerprint density at radius 2 is 1.60 bits per heavy atom. The van der Waals surface area contributed by atoms with Crippen LogP contribution in [0, 0.1) is 0 Å². The summed E-state index contributed by atoms with van der Waals surface area (Å²) in [6, 6.07) is 21.1. The van der Waals surface area contributed by atoms with Crippen LogP contribution in [0.5, 0.6) is 11.5 Å². The zero-order chi connectivity index (χ0) is 25.4. The Labute approximate surface area is 205 Å². The fourth-order valence-corrected chi connectivity index (χ4v) is 3.66. The van der Waals surface area contributed by atoms with Gasteiger partial charge in [0.15, 0.2) is 0 Å². The number of hydrogen-bond acceptors (Lipinski definition) is 5. The van der Waals surface area contributed by atoms with Crippen molar-refractivity contribution in [1.82, 2.24) is 0 Å². The summed E-state index contributed by atoms with van der Waals surface area (Å²) < 4.78 is 11.4. The molecule has 0 amide bonds. The summed E-state index contributed by atoms with van der Waals surface area (Å²) in [4.78, 5) is 25.1. The molecule has 0 saturated heterocycles. The van der Waals surface area contributed by atoms with Crippen LogP contribution in [0.4, 0.5) is 0 Å².